The molecule has 1 heterocycles. The first-order valence-electron chi connectivity index (χ1n) is 4.53. The van der Waals surface area contributed by atoms with E-state index in [0.717, 1.165) is 0 Å². The van der Waals surface area contributed by atoms with Gasteiger partial charge in [0.1, 0.15) is 0 Å². The molecule has 1 fully saturated rings. The number of ether oxygens (including phenoxy) is 1. The van der Waals surface area contributed by atoms with Gasteiger partial charge < -0.3 is 9.84 Å². The van der Waals surface area contributed by atoms with Crippen LogP contribution in [0.4, 0.5) is 13.3 Å². The molecule has 2 unspecified atom stereocenters. The summed E-state index contributed by atoms with van der Waals surface area (Å²) in [6.07, 6.45) is -1.80. The minimum absolute atomic E-state index is 0.00698. The number of aliphatic hydroxyl groups excluding tert-OH is 1. The maximum absolute atomic E-state index is 12.8. The van der Waals surface area contributed by atoms with Gasteiger partial charge in [-0.05, 0) is 13.3 Å². The second kappa shape index (κ2) is 4.46. The third kappa shape index (κ3) is 3.11. The summed E-state index contributed by atoms with van der Waals surface area (Å²) in [5.74, 6) is 0. The number of hydrogen-bond donors (Lipinski definition) is 1. The summed E-state index contributed by atoms with van der Waals surface area (Å²) in [6.45, 7) is 1.17. The van der Waals surface area contributed by atoms with Gasteiger partial charge >= 0.3 is 6.05 Å². The molecule has 1 saturated heterocycles. The molecule has 1 rings (SSSR count). The summed E-state index contributed by atoms with van der Waals surface area (Å²) in [7, 11) is 0. The van der Waals surface area contributed by atoms with E-state index >= 15 is 0 Å². The zero-order valence-corrected chi connectivity index (χ0v) is 7.92. The Morgan fingerprint density at radius 2 is 2.29 bits per heavy atom. The average Bonchev–Trinajstić information content (AvgIpc) is 2.07. The van der Waals surface area contributed by atoms with E-state index in [0.29, 0.717) is 0 Å². The average molecular weight is 213 g/mol. The summed E-state index contributed by atoms with van der Waals surface area (Å²) in [5, 5.41) is 8.41. The second-order valence-electron chi connectivity index (χ2n) is 3.55. The van der Waals surface area contributed by atoms with Crippen LogP contribution >= 0.6 is 0 Å². The summed E-state index contributed by atoms with van der Waals surface area (Å²) in [4.78, 5) is 0. The highest BCUT2D eigenvalue weighted by Crippen LogP contribution is 2.32. The van der Waals surface area contributed by atoms with Crippen molar-refractivity contribution in [3.63, 3.8) is 0 Å². The third-order valence-electron chi connectivity index (χ3n) is 2.05. The van der Waals surface area contributed by atoms with E-state index in [-0.39, 0.29) is 19.6 Å². The van der Waals surface area contributed by atoms with Crippen LogP contribution < -0.4 is 0 Å². The van der Waals surface area contributed by atoms with Crippen LogP contribution in [0.5, 0.6) is 0 Å². The number of hydrogen-bond acceptors (Lipinski definition) is 3. The number of rotatable bonds is 3. The minimum atomic E-state index is -3.44. The van der Waals surface area contributed by atoms with Gasteiger partial charge in [0.05, 0.1) is 25.2 Å². The fourth-order valence-corrected chi connectivity index (χ4v) is 1.31. The molecule has 1 aliphatic rings. The molecule has 0 aromatic rings. The second-order valence-corrected chi connectivity index (χ2v) is 3.55. The van der Waals surface area contributed by atoms with Crippen molar-refractivity contribution in [3.8, 4) is 0 Å². The third-order valence-corrected chi connectivity index (χ3v) is 2.05. The molecule has 0 radical (unpaired) electrons. The van der Waals surface area contributed by atoms with Crippen LogP contribution in [0.3, 0.4) is 0 Å². The highest BCUT2D eigenvalue weighted by atomic mass is 19.3. The van der Waals surface area contributed by atoms with Gasteiger partial charge in [-0.25, -0.2) is 0 Å². The highest BCUT2D eigenvalue weighted by Gasteiger charge is 2.44. The van der Waals surface area contributed by atoms with Gasteiger partial charge in [-0.1, -0.05) is 5.12 Å². The number of nitrogens with zero attached hydrogens (tertiary/aromatic N) is 1. The van der Waals surface area contributed by atoms with Crippen molar-refractivity contribution in [2.24, 2.45) is 0 Å². The fraction of sp³-hybridized carbons (Fsp3) is 1.00. The van der Waals surface area contributed by atoms with Gasteiger partial charge in [-0.3, -0.25) is 0 Å². The lowest BCUT2D eigenvalue weighted by atomic mass is 10.1. The van der Waals surface area contributed by atoms with Crippen molar-refractivity contribution >= 4 is 0 Å². The van der Waals surface area contributed by atoms with Gasteiger partial charge in [-0.2, -0.15) is 8.78 Å². The van der Waals surface area contributed by atoms with E-state index in [1.54, 1.807) is 0 Å². The molecular formula is C8H14F3NO2. The molecule has 0 aromatic heterocycles. The Kier molecular flexibility index (Phi) is 3.74. The first kappa shape index (κ1) is 11.7. The SMILES string of the molecule is CC(O)COC1CCN(F)C(F)(F)C1. The smallest absolute Gasteiger partial charge is 0.332 e. The molecule has 1 aliphatic heterocycles. The van der Waals surface area contributed by atoms with Gasteiger partial charge in [0.2, 0.25) is 0 Å². The van der Waals surface area contributed by atoms with E-state index in [4.69, 9.17) is 9.84 Å². The van der Waals surface area contributed by atoms with Crippen LogP contribution in [0.2, 0.25) is 0 Å². The molecule has 0 spiro atoms. The van der Waals surface area contributed by atoms with Gasteiger partial charge in [0.15, 0.2) is 0 Å². The molecule has 0 aliphatic carbocycles. The molecule has 84 valence electrons. The Hall–Kier alpha value is -0.330. The number of alkyl halides is 2. The van der Waals surface area contributed by atoms with Crippen molar-refractivity contribution < 1.29 is 23.1 Å². The molecule has 6 heteroatoms. The van der Waals surface area contributed by atoms with Crippen LogP contribution in [-0.2, 0) is 4.74 Å². The molecule has 0 bridgehead atoms. The lowest BCUT2D eigenvalue weighted by Gasteiger charge is -2.33. The van der Waals surface area contributed by atoms with Gasteiger partial charge in [-0.15, -0.1) is 4.48 Å². The standard InChI is InChI=1S/C8H14F3NO2/c1-6(13)5-14-7-2-3-12(11)8(9,10)4-7/h6-7,13H,2-5H2,1H3. The first-order chi connectivity index (χ1) is 6.42. The van der Waals surface area contributed by atoms with Crippen LogP contribution in [-0.4, -0.2) is 41.6 Å². The van der Waals surface area contributed by atoms with Gasteiger partial charge in [0.25, 0.3) is 0 Å². The van der Waals surface area contributed by atoms with Crippen LogP contribution in [0.15, 0.2) is 0 Å². The van der Waals surface area contributed by atoms with E-state index in [9.17, 15) is 13.3 Å². The first-order valence-corrected chi connectivity index (χ1v) is 4.53. The van der Waals surface area contributed by atoms with Crippen molar-refractivity contribution in [2.45, 2.75) is 38.0 Å². The number of aliphatic hydroxyl groups is 1. The zero-order valence-electron chi connectivity index (χ0n) is 7.92. The molecule has 2 atom stereocenters. The van der Waals surface area contributed by atoms with Crippen molar-refractivity contribution in [2.75, 3.05) is 13.2 Å². The maximum Gasteiger partial charge on any atom is 0.332 e. The predicted octanol–water partition coefficient (Wildman–Crippen LogP) is 1.33. The van der Waals surface area contributed by atoms with E-state index in [1.165, 1.54) is 6.92 Å². The Labute approximate surface area is 80.4 Å². The number of halogens is 3. The zero-order chi connectivity index (χ0) is 10.8. The Morgan fingerprint density at radius 3 is 2.79 bits per heavy atom. The van der Waals surface area contributed by atoms with Crippen molar-refractivity contribution in [3.05, 3.63) is 0 Å². The molecule has 14 heavy (non-hydrogen) atoms. The van der Waals surface area contributed by atoms with Gasteiger partial charge in [0, 0.05) is 6.54 Å². The van der Waals surface area contributed by atoms with E-state index in [2.05, 4.69) is 0 Å². The lowest BCUT2D eigenvalue weighted by Crippen LogP contribution is -2.46. The molecule has 3 nitrogen and oxygen atoms in total. The molecule has 0 amide bonds. The summed E-state index contributed by atoms with van der Waals surface area (Å²) < 4.78 is 43.1. The van der Waals surface area contributed by atoms with Crippen LogP contribution in [0.1, 0.15) is 19.8 Å². The Balaban J connectivity index is 2.36. The fourth-order valence-electron chi connectivity index (χ4n) is 1.31. The van der Waals surface area contributed by atoms with Crippen LogP contribution in [0, 0.1) is 0 Å². The van der Waals surface area contributed by atoms with E-state index in [1.807, 2.05) is 0 Å². The molecule has 0 saturated carbocycles. The van der Waals surface area contributed by atoms with Crippen molar-refractivity contribution in [1.29, 1.82) is 0 Å². The largest absolute Gasteiger partial charge is 0.391 e. The van der Waals surface area contributed by atoms with Crippen LogP contribution in [0.25, 0.3) is 0 Å². The van der Waals surface area contributed by atoms with E-state index < -0.39 is 29.8 Å². The monoisotopic (exact) mass is 213 g/mol. The minimum Gasteiger partial charge on any atom is -0.391 e. The molecule has 0 aromatic carbocycles. The molecular weight excluding hydrogens is 199 g/mol. The predicted molar refractivity (Wildman–Crippen MR) is 43.4 cm³/mol. The number of piperidine rings is 1. The summed E-state index contributed by atoms with van der Waals surface area (Å²) >= 11 is 0. The summed E-state index contributed by atoms with van der Waals surface area (Å²) in [5.41, 5.74) is 0. The highest BCUT2D eigenvalue weighted by molar-refractivity contribution is 4.77. The normalized spacial score (nSPS) is 30.2. The topological polar surface area (TPSA) is 32.7 Å². The lowest BCUT2D eigenvalue weighted by molar-refractivity contribution is -0.272. The Morgan fingerprint density at radius 1 is 1.64 bits per heavy atom. The Bertz CT molecular complexity index is 189. The maximum atomic E-state index is 12.8. The summed E-state index contributed by atoms with van der Waals surface area (Å²) in [6, 6.07) is -3.44. The molecule has 1 N–H and O–H groups in total. The quantitative estimate of drug-likeness (QED) is 0.567. The van der Waals surface area contributed by atoms with Crippen molar-refractivity contribution in [1.82, 2.24) is 5.12 Å².